The predicted molar refractivity (Wildman–Crippen MR) is 93.9 cm³/mol. The quantitative estimate of drug-likeness (QED) is 0.920. The molecule has 0 saturated carbocycles. The lowest BCUT2D eigenvalue weighted by atomic mass is 10.0. The maximum absolute atomic E-state index is 13.0. The molecule has 1 fully saturated rings. The molecule has 128 valence electrons. The van der Waals surface area contributed by atoms with Crippen LogP contribution in [0.15, 0.2) is 54.6 Å². The number of nitrogens with one attached hydrogen (secondary N) is 1. The van der Waals surface area contributed by atoms with Gasteiger partial charge in [0, 0.05) is 18.8 Å². The van der Waals surface area contributed by atoms with Gasteiger partial charge in [-0.15, -0.1) is 12.4 Å². The predicted octanol–water partition coefficient (Wildman–Crippen LogP) is 3.26. The van der Waals surface area contributed by atoms with E-state index in [1.165, 1.54) is 12.1 Å². The fourth-order valence-electron chi connectivity index (χ4n) is 2.74. The average molecular weight is 351 g/mol. The molecule has 0 aliphatic carbocycles. The monoisotopic (exact) mass is 350 g/mol. The summed E-state index contributed by atoms with van der Waals surface area (Å²) in [7, 11) is 0. The van der Waals surface area contributed by atoms with E-state index < -0.39 is 0 Å². The van der Waals surface area contributed by atoms with Crippen molar-refractivity contribution < 1.29 is 13.9 Å². The number of anilines is 1. The standard InChI is InChI=1S/C18H19FN2O2.ClH/c19-15-6-8-16(9-7-15)20-18(22)17(14-4-2-1-3-5-14)21-10-12-23-13-11-21;/h1-9,17H,10-13H2,(H,20,22);1H. The minimum absolute atomic E-state index is 0. The third kappa shape index (κ3) is 4.54. The largest absolute Gasteiger partial charge is 0.379 e. The van der Waals surface area contributed by atoms with Crippen molar-refractivity contribution in [2.75, 3.05) is 31.6 Å². The van der Waals surface area contributed by atoms with E-state index in [-0.39, 0.29) is 30.2 Å². The highest BCUT2D eigenvalue weighted by molar-refractivity contribution is 5.95. The smallest absolute Gasteiger partial charge is 0.246 e. The topological polar surface area (TPSA) is 41.6 Å². The van der Waals surface area contributed by atoms with Crippen LogP contribution in [0.4, 0.5) is 10.1 Å². The van der Waals surface area contributed by atoms with Crippen LogP contribution in [0.1, 0.15) is 11.6 Å². The van der Waals surface area contributed by atoms with Crippen molar-refractivity contribution in [3.63, 3.8) is 0 Å². The summed E-state index contributed by atoms with van der Waals surface area (Å²) in [5.74, 6) is -0.444. The Hall–Kier alpha value is -1.95. The van der Waals surface area contributed by atoms with E-state index in [2.05, 4.69) is 10.2 Å². The summed E-state index contributed by atoms with van der Waals surface area (Å²) in [6.07, 6.45) is 0. The van der Waals surface area contributed by atoms with Crippen molar-refractivity contribution in [3.8, 4) is 0 Å². The van der Waals surface area contributed by atoms with Crippen LogP contribution >= 0.6 is 12.4 Å². The van der Waals surface area contributed by atoms with E-state index in [9.17, 15) is 9.18 Å². The van der Waals surface area contributed by atoms with Crippen LogP contribution in [0.3, 0.4) is 0 Å². The zero-order chi connectivity index (χ0) is 16.1. The fraction of sp³-hybridized carbons (Fsp3) is 0.278. The summed E-state index contributed by atoms with van der Waals surface area (Å²) >= 11 is 0. The fourth-order valence-corrected chi connectivity index (χ4v) is 2.74. The highest BCUT2D eigenvalue weighted by atomic mass is 35.5. The van der Waals surface area contributed by atoms with Crippen LogP contribution in [0.25, 0.3) is 0 Å². The van der Waals surface area contributed by atoms with E-state index in [0.717, 1.165) is 5.56 Å². The lowest BCUT2D eigenvalue weighted by Gasteiger charge is -2.33. The molecule has 0 aromatic heterocycles. The van der Waals surface area contributed by atoms with Crippen molar-refractivity contribution in [1.82, 2.24) is 4.90 Å². The maximum atomic E-state index is 13.0. The molecule has 6 heteroatoms. The highest BCUT2D eigenvalue weighted by Gasteiger charge is 2.28. The molecular weight excluding hydrogens is 331 g/mol. The van der Waals surface area contributed by atoms with Crippen molar-refractivity contribution >= 4 is 24.0 Å². The molecule has 4 nitrogen and oxygen atoms in total. The highest BCUT2D eigenvalue weighted by Crippen LogP contribution is 2.24. The van der Waals surface area contributed by atoms with Gasteiger partial charge in [-0.05, 0) is 29.8 Å². The summed E-state index contributed by atoms with van der Waals surface area (Å²) in [6.45, 7) is 2.65. The van der Waals surface area contributed by atoms with Gasteiger partial charge in [-0.1, -0.05) is 30.3 Å². The molecular formula is C18H20ClFN2O2. The van der Waals surface area contributed by atoms with Crippen molar-refractivity contribution in [1.29, 1.82) is 0 Å². The number of benzene rings is 2. The summed E-state index contributed by atoms with van der Waals surface area (Å²) in [5, 5.41) is 2.88. The van der Waals surface area contributed by atoms with E-state index in [1.54, 1.807) is 12.1 Å². The molecule has 2 aromatic rings. The maximum Gasteiger partial charge on any atom is 0.246 e. The van der Waals surface area contributed by atoms with Crippen LogP contribution in [0.5, 0.6) is 0 Å². The first-order valence-electron chi connectivity index (χ1n) is 7.67. The Morgan fingerprint density at radius 3 is 2.29 bits per heavy atom. The number of nitrogens with zero attached hydrogens (tertiary/aromatic N) is 1. The van der Waals surface area contributed by atoms with Gasteiger partial charge in [0.1, 0.15) is 11.9 Å². The third-order valence-corrected chi connectivity index (χ3v) is 3.89. The molecule has 1 aliphatic rings. The normalized spacial score (nSPS) is 16.0. The van der Waals surface area contributed by atoms with Gasteiger partial charge in [0.25, 0.3) is 0 Å². The Kier molecular flexibility index (Phi) is 6.73. The number of carbonyl (C=O) groups excluding carboxylic acids is 1. The molecule has 3 rings (SSSR count). The molecule has 0 spiro atoms. The number of carbonyl (C=O) groups is 1. The zero-order valence-electron chi connectivity index (χ0n) is 13.2. The molecule has 1 amide bonds. The Bertz CT molecular complexity index is 646. The first-order chi connectivity index (χ1) is 11.2. The number of ether oxygens (including phenoxy) is 1. The molecule has 1 heterocycles. The summed E-state index contributed by atoms with van der Waals surface area (Å²) in [4.78, 5) is 14.9. The number of rotatable bonds is 4. The Labute approximate surface area is 147 Å². The molecule has 1 atom stereocenters. The number of morpholine rings is 1. The third-order valence-electron chi connectivity index (χ3n) is 3.89. The Morgan fingerprint density at radius 1 is 1.04 bits per heavy atom. The van der Waals surface area contributed by atoms with E-state index in [0.29, 0.717) is 32.0 Å². The second-order valence-electron chi connectivity index (χ2n) is 5.46. The summed E-state index contributed by atoms with van der Waals surface area (Å²) in [6, 6.07) is 15.1. The van der Waals surface area contributed by atoms with Gasteiger partial charge in [0.2, 0.25) is 5.91 Å². The average Bonchev–Trinajstić information content (AvgIpc) is 2.59. The molecule has 1 saturated heterocycles. The second-order valence-corrected chi connectivity index (χ2v) is 5.46. The van der Waals surface area contributed by atoms with Gasteiger partial charge < -0.3 is 10.1 Å². The van der Waals surface area contributed by atoms with Gasteiger partial charge >= 0.3 is 0 Å². The van der Waals surface area contributed by atoms with E-state index in [1.807, 2.05) is 30.3 Å². The molecule has 24 heavy (non-hydrogen) atoms. The summed E-state index contributed by atoms with van der Waals surface area (Å²) in [5.41, 5.74) is 1.53. The van der Waals surface area contributed by atoms with E-state index >= 15 is 0 Å². The summed E-state index contributed by atoms with van der Waals surface area (Å²) < 4.78 is 18.4. The van der Waals surface area contributed by atoms with Crippen LogP contribution in [0.2, 0.25) is 0 Å². The lowest BCUT2D eigenvalue weighted by molar-refractivity contribution is -0.123. The van der Waals surface area contributed by atoms with Crippen molar-refractivity contribution in [2.24, 2.45) is 0 Å². The first kappa shape index (κ1) is 18.4. The zero-order valence-corrected chi connectivity index (χ0v) is 14.0. The van der Waals surface area contributed by atoms with E-state index in [4.69, 9.17) is 4.74 Å². The van der Waals surface area contributed by atoms with Crippen LogP contribution in [-0.4, -0.2) is 37.1 Å². The minimum atomic E-state index is -0.384. The molecule has 1 aliphatic heterocycles. The minimum Gasteiger partial charge on any atom is -0.379 e. The van der Waals surface area contributed by atoms with Crippen LogP contribution in [-0.2, 0) is 9.53 Å². The van der Waals surface area contributed by atoms with Crippen molar-refractivity contribution in [2.45, 2.75) is 6.04 Å². The SMILES string of the molecule is Cl.O=C(Nc1ccc(F)cc1)C(c1ccccc1)N1CCOCC1. The Morgan fingerprint density at radius 2 is 1.67 bits per heavy atom. The van der Waals surface area contributed by atoms with Crippen molar-refractivity contribution in [3.05, 3.63) is 66.0 Å². The van der Waals surface area contributed by atoms with Gasteiger partial charge in [0.05, 0.1) is 13.2 Å². The number of amides is 1. The molecule has 1 N–H and O–H groups in total. The van der Waals surface area contributed by atoms with Gasteiger partial charge in [-0.25, -0.2) is 4.39 Å². The van der Waals surface area contributed by atoms with Gasteiger partial charge in [-0.2, -0.15) is 0 Å². The lowest BCUT2D eigenvalue weighted by Crippen LogP contribution is -2.43. The molecule has 0 radical (unpaired) electrons. The van der Waals surface area contributed by atoms with Crippen LogP contribution in [0, 0.1) is 5.82 Å². The van der Waals surface area contributed by atoms with Gasteiger partial charge in [0.15, 0.2) is 0 Å². The first-order valence-corrected chi connectivity index (χ1v) is 7.67. The number of halogens is 2. The van der Waals surface area contributed by atoms with Gasteiger partial charge in [-0.3, -0.25) is 9.69 Å². The van der Waals surface area contributed by atoms with Crippen LogP contribution < -0.4 is 5.32 Å². The number of hydrogen-bond acceptors (Lipinski definition) is 3. The second kappa shape index (κ2) is 8.78. The molecule has 1 unspecified atom stereocenters. The Balaban J connectivity index is 0.00000208. The molecule has 0 bridgehead atoms. The number of hydrogen-bond donors (Lipinski definition) is 1. The molecule has 2 aromatic carbocycles.